The van der Waals surface area contributed by atoms with Crippen molar-refractivity contribution in [1.29, 1.82) is 0 Å². The first-order valence-corrected chi connectivity index (χ1v) is 6.74. The van der Waals surface area contributed by atoms with Crippen molar-refractivity contribution in [3.63, 3.8) is 0 Å². The molecule has 7 heteroatoms. The first kappa shape index (κ1) is 14.4. The van der Waals surface area contributed by atoms with Gasteiger partial charge in [0.05, 0.1) is 0 Å². The molecule has 0 bridgehead atoms. The van der Waals surface area contributed by atoms with E-state index in [9.17, 15) is 4.79 Å². The minimum Gasteiger partial charge on any atom is -0.395 e. The molecule has 0 fully saturated rings. The Hall–Kier alpha value is -1.63. The lowest BCUT2D eigenvalue weighted by Gasteiger charge is -2.01. The molecule has 18 heavy (non-hydrogen) atoms. The molecule has 100 valence electrons. The number of carbonyl (C=O) groups excluding carboxylic acids is 1. The van der Waals surface area contributed by atoms with Crippen LogP contribution in [0.1, 0.15) is 38.3 Å². The first-order valence-electron chi connectivity index (χ1n) is 5.86. The fraction of sp³-hybridized carbons (Fsp3) is 0.545. The highest BCUT2D eigenvalue weighted by Crippen LogP contribution is 2.12. The Kier molecular flexibility index (Phi) is 6.13. The van der Waals surface area contributed by atoms with Crippen LogP contribution < -0.4 is 11.5 Å². The topological polar surface area (TPSA) is 104 Å². The number of primary amides is 1. The van der Waals surface area contributed by atoms with Gasteiger partial charge in [0.1, 0.15) is 12.3 Å². The van der Waals surface area contributed by atoms with Crippen molar-refractivity contribution in [2.24, 2.45) is 10.9 Å². The highest BCUT2D eigenvalue weighted by molar-refractivity contribution is 7.13. The number of hydrogen-bond donors (Lipinski definition) is 2. The summed E-state index contributed by atoms with van der Waals surface area (Å²) in [4.78, 5) is 20.2. The van der Waals surface area contributed by atoms with Gasteiger partial charge in [0.15, 0.2) is 10.8 Å². The number of nitrogens with two attached hydrogens (primary N) is 2. The molecule has 0 unspecified atom stereocenters. The van der Waals surface area contributed by atoms with Gasteiger partial charge in [-0.25, -0.2) is 4.98 Å². The van der Waals surface area contributed by atoms with Crippen LogP contribution in [0.25, 0.3) is 0 Å². The van der Waals surface area contributed by atoms with Crippen LogP contribution in [0.3, 0.4) is 0 Å². The van der Waals surface area contributed by atoms with E-state index in [0.29, 0.717) is 17.4 Å². The number of carbonyl (C=O) groups is 1. The zero-order valence-electron chi connectivity index (χ0n) is 10.4. The third-order valence-corrected chi connectivity index (χ3v) is 2.92. The van der Waals surface area contributed by atoms with Crippen molar-refractivity contribution >= 4 is 28.1 Å². The number of amides is 1. The second-order valence-corrected chi connectivity index (χ2v) is 4.66. The SMILES string of the molecule is CCCCCCO/N=C(\C(N)=O)c1csc(N)n1. The van der Waals surface area contributed by atoms with Gasteiger partial charge in [-0.2, -0.15) is 0 Å². The van der Waals surface area contributed by atoms with Crippen molar-refractivity contribution in [3.8, 4) is 0 Å². The lowest BCUT2D eigenvalue weighted by Crippen LogP contribution is -2.25. The number of unbranched alkanes of at least 4 members (excludes halogenated alkanes) is 3. The van der Waals surface area contributed by atoms with E-state index >= 15 is 0 Å². The molecule has 0 aliphatic carbocycles. The molecule has 1 rings (SSSR count). The van der Waals surface area contributed by atoms with Crippen LogP contribution in [0.15, 0.2) is 10.5 Å². The summed E-state index contributed by atoms with van der Waals surface area (Å²) >= 11 is 1.22. The number of oxime groups is 1. The molecule has 1 aromatic rings. The van der Waals surface area contributed by atoms with Crippen molar-refractivity contribution in [3.05, 3.63) is 11.1 Å². The minimum absolute atomic E-state index is 0.0124. The molecule has 0 radical (unpaired) electrons. The monoisotopic (exact) mass is 270 g/mol. The predicted octanol–water partition coefficient (Wildman–Crippen LogP) is 1.51. The van der Waals surface area contributed by atoms with Crippen molar-refractivity contribution in [2.45, 2.75) is 32.6 Å². The summed E-state index contributed by atoms with van der Waals surface area (Å²) in [6, 6.07) is 0. The molecule has 0 spiro atoms. The van der Waals surface area contributed by atoms with Gasteiger partial charge in [-0.3, -0.25) is 4.79 Å². The standard InChI is InChI=1S/C11H18N4O2S/c1-2-3-4-5-6-17-15-9(10(12)16)8-7-18-11(13)14-8/h7H,2-6H2,1H3,(H2,12,16)(H2,13,14)/b15-9-. The van der Waals surface area contributed by atoms with Gasteiger partial charge in [0, 0.05) is 5.38 Å². The molecule has 0 aliphatic rings. The molecule has 0 aliphatic heterocycles. The quantitative estimate of drug-likeness (QED) is 0.424. The summed E-state index contributed by atoms with van der Waals surface area (Å²) in [6.45, 7) is 2.60. The summed E-state index contributed by atoms with van der Waals surface area (Å²) in [5.41, 5.74) is 11.1. The number of nitrogens with zero attached hydrogens (tertiary/aromatic N) is 2. The second kappa shape index (κ2) is 7.65. The van der Waals surface area contributed by atoms with Gasteiger partial charge in [0.25, 0.3) is 5.91 Å². The van der Waals surface area contributed by atoms with Gasteiger partial charge in [-0.1, -0.05) is 24.9 Å². The van der Waals surface area contributed by atoms with Crippen LogP contribution >= 0.6 is 11.3 Å². The fourth-order valence-corrected chi connectivity index (χ4v) is 1.87. The number of aromatic nitrogens is 1. The first-order chi connectivity index (χ1) is 8.65. The maximum absolute atomic E-state index is 11.2. The van der Waals surface area contributed by atoms with Gasteiger partial charge in [-0.05, 0) is 12.8 Å². The number of hydrogen-bond acceptors (Lipinski definition) is 6. The van der Waals surface area contributed by atoms with Gasteiger partial charge >= 0.3 is 0 Å². The smallest absolute Gasteiger partial charge is 0.273 e. The van der Waals surface area contributed by atoms with Crippen LogP contribution in [0.2, 0.25) is 0 Å². The van der Waals surface area contributed by atoms with Crippen LogP contribution in [0.5, 0.6) is 0 Å². The number of nitrogen functional groups attached to an aromatic ring is 1. The molecule has 6 nitrogen and oxygen atoms in total. The average molecular weight is 270 g/mol. The van der Waals surface area contributed by atoms with Crippen LogP contribution in [0, 0.1) is 0 Å². The van der Waals surface area contributed by atoms with E-state index in [4.69, 9.17) is 16.3 Å². The number of thiazole rings is 1. The highest BCUT2D eigenvalue weighted by atomic mass is 32.1. The Labute approximate surface area is 110 Å². The van der Waals surface area contributed by atoms with E-state index in [-0.39, 0.29) is 5.71 Å². The van der Waals surface area contributed by atoms with Crippen molar-refractivity contribution in [2.75, 3.05) is 12.3 Å². The van der Waals surface area contributed by atoms with Gasteiger partial charge in [-0.15, -0.1) is 11.3 Å². The Morgan fingerprint density at radius 1 is 1.50 bits per heavy atom. The molecule has 0 saturated carbocycles. The molecule has 1 aromatic heterocycles. The second-order valence-electron chi connectivity index (χ2n) is 3.77. The summed E-state index contributed by atoms with van der Waals surface area (Å²) in [5.74, 6) is -0.672. The zero-order chi connectivity index (χ0) is 13.4. The maximum atomic E-state index is 11.2. The third kappa shape index (κ3) is 4.70. The fourth-order valence-electron chi connectivity index (χ4n) is 1.32. The van der Waals surface area contributed by atoms with Crippen LogP contribution in [-0.2, 0) is 9.63 Å². The summed E-state index contributed by atoms with van der Waals surface area (Å²) in [5, 5.41) is 5.72. The van der Waals surface area contributed by atoms with Crippen molar-refractivity contribution < 1.29 is 9.63 Å². The van der Waals surface area contributed by atoms with E-state index in [0.717, 1.165) is 19.3 Å². The molecule has 0 atom stereocenters. The molecule has 4 N–H and O–H groups in total. The lowest BCUT2D eigenvalue weighted by atomic mass is 10.2. The van der Waals surface area contributed by atoms with Gasteiger partial charge < -0.3 is 16.3 Å². The number of rotatable bonds is 8. The Balaban J connectivity index is 2.50. The molecule has 0 saturated heterocycles. The lowest BCUT2D eigenvalue weighted by molar-refractivity contribution is -0.112. The third-order valence-electron chi connectivity index (χ3n) is 2.24. The largest absolute Gasteiger partial charge is 0.395 e. The Morgan fingerprint density at radius 3 is 2.83 bits per heavy atom. The molecule has 1 heterocycles. The molecule has 0 aromatic carbocycles. The van der Waals surface area contributed by atoms with E-state index in [1.54, 1.807) is 5.38 Å². The van der Waals surface area contributed by atoms with Gasteiger partial charge in [0.2, 0.25) is 0 Å². The molecule has 1 amide bonds. The average Bonchev–Trinajstić information content (AvgIpc) is 2.74. The van der Waals surface area contributed by atoms with E-state index < -0.39 is 5.91 Å². The van der Waals surface area contributed by atoms with E-state index in [1.807, 2.05) is 0 Å². The van der Waals surface area contributed by atoms with E-state index in [1.165, 1.54) is 17.8 Å². The number of anilines is 1. The zero-order valence-corrected chi connectivity index (χ0v) is 11.2. The summed E-state index contributed by atoms with van der Waals surface area (Å²) in [7, 11) is 0. The Bertz CT molecular complexity index is 417. The predicted molar refractivity (Wildman–Crippen MR) is 72.4 cm³/mol. The van der Waals surface area contributed by atoms with Crippen LogP contribution in [-0.4, -0.2) is 23.2 Å². The van der Waals surface area contributed by atoms with Crippen LogP contribution in [0.4, 0.5) is 5.13 Å². The highest BCUT2D eigenvalue weighted by Gasteiger charge is 2.14. The summed E-state index contributed by atoms with van der Waals surface area (Å²) < 4.78 is 0. The molecular formula is C11H18N4O2S. The normalized spacial score (nSPS) is 11.5. The maximum Gasteiger partial charge on any atom is 0.273 e. The van der Waals surface area contributed by atoms with Crippen molar-refractivity contribution in [1.82, 2.24) is 4.98 Å². The molecular weight excluding hydrogens is 252 g/mol. The Morgan fingerprint density at radius 2 is 2.28 bits per heavy atom. The van der Waals surface area contributed by atoms with E-state index in [2.05, 4.69) is 17.1 Å². The summed E-state index contributed by atoms with van der Waals surface area (Å²) in [6.07, 6.45) is 4.32. The minimum atomic E-state index is -0.672.